The van der Waals surface area contributed by atoms with Crippen LogP contribution in [0.1, 0.15) is 6.92 Å². The van der Waals surface area contributed by atoms with Crippen LogP contribution in [0.25, 0.3) is 20.7 Å². The van der Waals surface area contributed by atoms with E-state index in [9.17, 15) is 4.79 Å². The van der Waals surface area contributed by atoms with Crippen molar-refractivity contribution in [3.05, 3.63) is 71.9 Å². The molecule has 4 aromatic rings. The molecule has 1 amide bonds. The molecule has 2 aromatic heterocycles. The monoisotopic (exact) mass is 425 g/mol. The maximum absolute atomic E-state index is 12.4. The van der Waals surface area contributed by atoms with E-state index < -0.39 is 0 Å². The number of anilines is 1. The molecule has 2 heterocycles. The van der Waals surface area contributed by atoms with Crippen molar-refractivity contribution >= 4 is 56.5 Å². The first-order valence-corrected chi connectivity index (χ1v) is 10.7. The van der Waals surface area contributed by atoms with Gasteiger partial charge < -0.3 is 5.32 Å². The van der Waals surface area contributed by atoms with Crippen molar-refractivity contribution in [2.45, 2.75) is 17.3 Å². The number of aromatic nitrogens is 2. The Morgan fingerprint density at radius 1 is 1.07 bits per heavy atom. The second-order valence-corrected chi connectivity index (χ2v) is 8.80. The van der Waals surface area contributed by atoms with Gasteiger partial charge in [0.2, 0.25) is 5.91 Å². The number of hydrogen-bond acceptors (Lipinski definition) is 5. The van der Waals surface area contributed by atoms with Crippen LogP contribution < -0.4 is 5.32 Å². The van der Waals surface area contributed by atoms with E-state index in [1.54, 1.807) is 11.3 Å². The highest BCUT2D eigenvalue weighted by Gasteiger charge is 2.18. The summed E-state index contributed by atoms with van der Waals surface area (Å²) in [5.41, 5.74) is 1.88. The average molecular weight is 426 g/mol. The summed E-state index contributed by atoms with van der Waals surface area (Å²) in [6, 6.07) is 21.5. The topological polar surface area (TPSA) is 54.9 Å². The smallest absolute Gasteiger partial charge is 0.237 e. The summed E-state index contributed by atoms with van der Waals surface area (Å²) in [7, 11) is 0. The number of carbonyl (C=O) groups excluding carboxylic acids is 1. The van der Waals surface area contributed by atoms with Gasteiger partial charge in [-0.1, -0.05) is 71.9 Å². The fraction of sp³-hybridized carbons (Fsp3) is 0.0952. The van der Waals surface area contributed by atoms with Crippen LogP contribution in [0.15, 0.2) is 71.9 Å². The predicted octanol–water partition coefficient (Wildman–Crippen LogP) is 6.13. The summed E-state index contributed by atoms with van der Waals surface area (Å²) in [6.45, 7) is 1.83. The summed E-state index contributed by atoms with van der Waals surface area (Å²) in [6.07, 6.45) is 0. The zero-order valence-corrected chi connectivity index (χ0v) is 17.3. The van der Waals surface area contributed by atoms with Gasteiger partial charge in [0.1, 0.15) is 9.98 Å². The van der Waals surface area contributed by atoms with E-state index in [4.69, 9.17) is 11.6 Å². The van der Waals surface area contributed by atoms with Gasteiger partial charge in [0.05, 0.1) is 5.25 Å². The summed E-state index contributed by atoms with van der Waals surface area (Å²) < 4.78 is 0. The Bertz CT molecular complexity index is 1120. The number of thioether (sulfide) groups is 1. The van der Waals surface area contributed by atoms with E-state index in [1.165, 1.54) is 11.8 Å². The van der Waals surface area contributed by atoms with Crippen molar-refractivity contribution in [1.29, 1.82) is 0 Å². The molecular weight excluding hydrogens is 410 g/mol. The molecule has 0 aliphatic carbocycles. The van der Waals surface area contributed by atoms with Gasteiger partial charge in [-0.3, -0.25) is 4.79 Å². The Hall–Kier alpha value is -2.41. The first-order chi connectivity index (χ1) is 13.6. The molecule has 0 radical (unpaired) electrons. The van der Waals surface area contributed by atoms with E-state index in [2.05, 4.69) is 27.4 Å². The molecule has 28 heavy (non-hydrogen) atoms. The fourth-order valence-electron chi connectivity index (χ4n) is 2.64. The van der Waals surface area contributed by atoms with Gasteiger partial charge in [-0.05, 0) is 30.7 Å². The van der Waals surface area contributed by atoms with E-state index in [-0.39, 0.29) is 11.2 Å². The fourth-order valence-corrected chi connectivity index (χ4v) is 4.84. The van der Waals surface area contributed by atoms with E-state index in [0.29, 0.717) is 10.3 Å². The third kappa shape index (κ3) is 4.19. The lowest BCUT2D eigenvalue weighted by Crippen LogP contribution is -2.22. The maximum Gasteiger partial charge on any atom is 0.237 e. The summed E-state index contributed by atoms with van der Waals surface area (Å²) in [5, 5.41) is 4.26. The number of hydrogen-bond donors (Lipinski definition) is 1. The lowest BCUT2D eigenvalue weighted by Gasteiger charge is -2.11. The molecule has 4 nitrogen and oxygen atoms in total. The molecule has 0 fully saturated rings. The minimum atomic E-state index is -0.359. The van der Waals surface area contributed by atoms with Crippen molar-refractivity contribution in [2.24, 2.45) is 0 Å². The van der Waals surface area contributed by atoms with Gasteiger partial charge >= 0.3 is 0 Å². The van der Waals surface area contributed by atoms with Crippen molar-refractivity contribution in [3.63, 3.8) is 0 Å². The molecule has 0 saturated carbocycles. The van der Waals surface area contributed by atoms with Gasteiger partial charge in [0.25, 0.3) is 0 Å². The largest absolute Gasteiger partial charge is 0.325 e. The van der Waals surface area contributed by atoms with Crippen LogP contribution in [-0.2, 0) is 4.79 Å². The van der Waals surface area contributed by atoms with Gasteiger partial charge in [0.15, 0.2) is 5.16 Å². The van der Waals surface area contributed by atoms with E-state index in [0.717, 1.165) is 26.3 Å². The summed E-state index contributed by atoms with van der Waals surface area (Å²) >= 11 is 9.26. The van der Waals surface area contributed by atoms with E-state index >= 15 is 0 Å². The Morgan fingerprint density at radius 3 is 2.46 bits per heavy atom. The number of carbonyl (C=O) groups is 1. The highest BCUT2D eigenvalue weighted by Crippen LogP contribution is 2.36. The molecule has 0 aliphatic heterocycles. The van der Waals surface area contributed by atoms with Crippen molar-refractivity contribution in [2.75, 3.05) is 5.32 Å². The summed E-state index contributed by atoms with van der Waals surface area (Å²) in [4.78, 5) is 23.3. The zero-order valence-electron chi connectivity index (χ0n) is 14.9. The van der Waals surface area contributed by atoms with Crippen LogP contribution in [-0.4, -0.2) is 21.1 Å². The van der Waals surface area contributed by atoms with Crippen LogP contribution in [0, 0.1) is 0 Å². The van der Waals surface area contributed by atoms with Gasteiger partial charge in [0, 0.05) is 16.0 Å². The Kier molecular flexibility index (Phi) is 5.62. The Morgan fingerprint density at radius 2 is 1.75 bits per heavy atom. The predicted molar refractivity (Wildman–Crippen MR) is 118 cm³/mol. The van der Waals surface area contributed by atoms with Crippen LogP contribution in [0.5, 0.6) is 0 Å². The molecule has 2 aromatic carbocycles. The number of amides is 1. The quantitative estimate of drug-likeness (QED) is 0.237. The third-order valence-corrected chi connectivity index (χ3v) is 6.40. The molecule has 7 heteroatoms. The lowest BCUT2D eigenvalue weighted by atomic mass is 10.2. The molecule has 1 N–H and O–H groups in total. The molecule has 4 rings (SSSR count). The molecule has 1 unspecified atom stereocenters. The Balaban J connectivity index is 1.54. The lowest BCUT2D eigenvalue weighted by molar-refractivity contribution is -0.115. The summed E-state index contributed by atoms with van der Waals surface area (Å²) in [5.74, 6) is -0.104. The second kappa shape index (κ2) is 8.31. The van der Waals surface area contributed by atoms with Gasteiger partial charge in [-0.25, -0.2) is 9.97 Å². The van der Waals surface area contributed by atoms with Crippen LogP contribution in [0.2, 0.25) is 5.15 Å². The van der Waals surface area contributed by atoms with Crippen LogP contribution >= 0.6 is 34.7 Å². The van der Waals surface area contributed by atoms with Crippen molar-refractivity contribution in [3.8, 4) is 10.4 Å². The highest BCUT2D eigenvalue weighted by atomic mass is 35.5. The number of nitrogens with zero attached hydrogens (tertiary/aromatic N) is 2. The minimum absolute atomic E-state index is 0.104. The second-order valence-electron chi connectivity index (χ2n) is 6.11. The van der Waals surface area contributed by atoms with Gasteiger partial charge in [-0.15, -0.1) is 11.3 Å². The molecule has 0 bridgehead atoms. The first-order valence-electron chi connectivity index (χ1n) is 8.65. The number of benzene rings is 2. The minimum Gasteiger partial charge on any atom is -0.325 e. The van der Waals surface area contributed by atoms with Crippen molar-refractivity contribution < 1.29 is 4.79 Å². The van der Waals surface area contributed by atoms with Gasteiger partial charge in [-0.2, -0.15) is 0 Å². The Labute approximate surface area is 176 Å². The zero-order chi connectivity index (χ0) is 19.5. The number of fused-ring (bicyclic) bond motifs is 1. The molecular formula is C21H16ClN3OS2. The van der Waals surface area contributed by atoms with Crippen molar-refractivity contribution in [1.82, 2.24) is 9.97 Å². The first kappa shape index (κ1) is 18.9. The molecule has 140 valence electrons. The SMILES string of the molecule is CC(Sc1nc(Cl)c2cc(-c3ccccc3)sc2n1)C(=O)Nc1ccccc1. The highest BCUT2D eigenvalue weighted by molar-refractivity contribution is 8.00. The molecule has 0 spiro atoms. The van der Waals surface area contributed by atoms with Crippen LogP contribution in [0.3, 0.4) is 0 Å². The van der Waals surface area contributed by atoms with E-state index in [1.807, 2.05) is 61.5 Å². The number of nitrogens with one attached hydrogen (secondary N) is 1. The molecule has 0 saturated heterocycles. The number of thiophene rings is 1. The molecule has 0 aliphatic rings. The maximum atomic E-state index is 12.4. The van der Waals surface area contributed by atoms with Crippen LogP contribution in [0.4, 0.5) is 5.69 Å². The third-order valence-electron chi connectivity index (χ3n) is 4.08. The molecule has 1 atom stereocenters. The normalized spacial score (nSPS) is 12.1. The standard InChI is InChI=1S/C21H16ClN3OS2/c1-13(19(26)23-15-10-6-3-7-11-15)27-21-24-18(22)16-12-17(28-20(16)25-21)14-8-4-2-5-9-14/h2-13H,1H3,(H,23,26). The average Bonchev–Trinajstić information content (AvgIpc) is 3.14. The number of halogens is 1. The number of para-hydroxylation sites is 1. The number of rotatable bonds is 5.